The number of ketones is 1. The predicted octanol–water partition coefficient (Wildman–Crippen LogP) is 3.02. The lowest BCUT2D eigenvalue weighted by molar-refractivity contribution is -0.132. The Morgan fingerprint density at radius 1 is 1.09 bits per heavy atom. The molecule has 1 saturated heterocycles. The van der Waals surface area contributed by atoms with E-state index >= 15 is 0 Å². The highest BCUT2D eigenvalue weighted by molar-refractivity contribution is 7.89. The summed E-state index contributed by atoms with van der Waals surface area (Å²) in [5.41, 5.74) is 0.671. The summed E-state index contributed by atoms with van der Waals surface area (Å²) in [7, 11) is -2.56. The molecule has 4 rings (SSSR count). The van der Waals surface area contributed by atoms with Gasteiger partial charge in [-0.25, -0.2) is 13.6 Å². The molecular formula is C23H18ClN3O6S. The van der Waals surface area contributed by atoms with Crippen molar-refractivity contribution >= 4 is 44.8 Å². The number of ether oxygens (including phenoxy) is 1. The van der Waals surface area contributed by atoms with Crippen molar-refractivity contribution in [2.75, 3.05) is 12.0 Å². The van der Waals surface area contributed by atoms with Crippen molar-refractivity contribution < 1.29 is 27.9 Å². The molecule has 1 unspecified atom stereocenters. The summed E-state index contributed by atoms with van der Waals surface area (Å²) in [6, 6.07) is 11.9. The first-order chi connectivity index (χ1) is 16.1. The maximum Gasteiger partial charge on any atom is 0.300 e. The standard InChI is InChI=1S/C23H18ClN3O6S/c1-33-18-7-2-14(24)12-17(18)21(28)19-20(13-8-10-26-11-9-13)27(23(30)22(19)29)15-3-5-16(6-4-15)34(25,31)32/h2-12,20,28H,1H3,(H2,25,31,32)/b21-19+. The topological polar surface area (TPSA) is 140 Å². The van der Waals surface area contributed by atoms with Crippen LogP contribution in [0.25, 0.3) is 5.76 Å². The van der Waals surface area contributed by atoms with Gasteiger partial charge in [0.05, 0.1) is 29.2 Å². The van der Waals surface area contributed by atoms with Crippen molar-refractivity contribution in [2.24, 2.45) is 5.14 Å². The third-order valence-corrected chi connectivity index (χ3v) is 6.49. The second kappa shape index (κ2) is 8.90. The van der Waals surface area contributed by atoms with E-state index < -0.39 is 33.5 Å². The minimum absolute atomic E-state index is 0.136. The molecule has 1 aliphatic rings. The van der Waals surface area contributed by atoms with Crippen molar-refractivity contribution in [2.45, 2.75) is 10.9 Å². The van der Waals surface area contributed by atoms with Gasteiger partial charge >= 0.3 is 0 Å². The summed E-state index contributed by atoms with van der Waals surface area (Å²) in [4.78, 5) is 31.3. The van der Waals surface area contributed by atoms with Crippen LogP contribution < -0.4 is 14.8 Å². The first-order valence-electron chi connectivity index (χ1n) is 9.81. The molecule has 1 atom stereocenters. The maximum absolute atomic E-state index is 13.2. The van der Waals surface area contributed by atoms with Gasteiger partial charge < -0.3 is 9.84 Å². The molecule has 9 nitrogen and oxygen atoms in total. The fraction of sp³-hybridized carbons (Fsp3) is 0.0870. The van der Waals surface area contributed by atoms with E-state index in [1.165, 1.54) is 60.8 Å². The third-order valence-electron chi connectivity index (χ3n) is 5.33. The lowest BCUT2D eigenvalue weighted by Gasteiger charge is -2.25. The van der Waals surface area contributed by atoms with Crippen LogP contribution in [0.4, 0.5) is 5.69 Å². The molecule has 0 spiro atoms. The number of aliphatic hydroxyl groups excluding tert-OH is 1. The van der Waals surface area contributed by atoms with Crippen LogP contribution in [0.5, 0.6) is 5.75 Å². The van der Waals surface area contributed by atoms with Crippen LogP contribution in [-0.2, 0) is 19.6 Å². The molecule has 1 amide bonds. The number of carbonyl (C=O) groups excluding carboxylic acids is 2. The Balaban J connectivity index is 1.95. The SMILES string of the molecule is COc1ccc(Cl)cc1/C(O)=C1\C(=O)C(=O)N(c2ccc(S(N)(=O)=O)cc2)C1c1ccncc1. The number of Topliss-reactive ketones (excluding diaryl/α,β-unsaturated/α-hetero) is 1. The zero-order chi connectivity index (χ0) is 24.6. The number of benzene rings is 2. The highest BCUT2D eigenvalue weighted by atomic mass is 35.5. The number of pyridine rings is 1. The molecule has 1 aliphatic heterocycles. The van der Waals surface area contributed by atoms with E-state index in [-0.39, 0.29) is 32.5 Å². The van der Waals surface area contributed by atoms with Gasteiger partial charge in [0.1, 0.15) is 11.5 Å². The van der Waals surface area contributed by atoms with E-state index in [0.717, 1.165) is 0 Å². The van der Waals surface area contributed by atoms with Gasteiger partial charge in [-0.15, -0.1) is 0 Å². The number of rotatable bonds is 5. The van der Waals surface area contributed by atoms with Crippen LogP contribution in [0.2, 0.25) is 5.02 Å². The monoisotopic (exact) mass is 499 g/mol. The number of nitrogens with zero attached hydrogens (tertiary/aromatic N) is 2. The molecule has 2 aromatic carbocycles. The number of hydrogen-bond acceptors (Lipinski definition) is 7. The van der Waals surface area contributed by atoms with Crippen LogP contribution in [0, 0.1) is 0 Å². The fourth-order valence-corrected chi connectivity index (χ4v) is 4.45. The van der Waals surface area contributed by atoms with Crippen molar-refractivity contribution in [3.8, 4) is 5.75 Å². The van der Waals surface area contributed by atoms with Gasteiger partial charge in [0.15, 0.2) is 0 Å². The smallest absolute Gasteiger partial charge is 0.300 e. The molecule has 174 valence electrons. The van der Waals surface area contributed by atoms with Gasteiger partial charge in [0, 0.05) is 23.1 Å². The minimum atomic E-state index is -3.96. The van der Waals surface area contributed by atoms with E-state index in [1.54, 1.807) is 18.2 Å². The molecule has 0 bridgehead atoms. The van der Waals surface area contributed by atoms with Crippen molar-refractivity contribution in [3.05, 3.63) is 88.7 Å². The summed E-state index contributed by atoms with van der Waals surface area (Å²) >= 11 is 6.10. The highest BCUT2D eigenvalue weighted by Crippen LogP contribution is 2.43. The Morgan fingerprint density at radius 3 is 2.32 bits per heavy atom. The first-order valence-corrected chi connectivity index (χ1v) is 11.7. The number of anilines is 1. The molecule has 0 aliphatic carbocycles. The maximum atomic E-state index is 13.2. The van der Waals surface area contributed by atoms with E-state index in [1.807, 2.05) is 0 Å². The molecule has 11 heteroatoms. The van der Waals surface area contributed by atoms with Crippen LogP contribution in [-0.4, -0.2) is 37.3 Å². The fourth-order valence-electron chi connectivity index (χ4n) is 3.77. The number of nitrogens with two attached hydrogens (primary N) is 1. The molecule has 1 aromatic heterocycles. The van der Waals surface area contributed by atoms with E-state index in [0.29, 0.717) is 5.56 Å². The van der Waals surface area contributed by atoms with Crippen molar-refractivity contribution in [1.29, 1.82) is 0 Å². The number of halogens is 1. The van der Waals surface area contributed by atoms with Crippen LogP contribution in [0.1, 0.15) is 17.2 Å². The molecule has 34 heavy (non-hydrogen) atoms. The van der Waals surface area contributed by atoms with Gasteiger partial charge in [0.25, 0.3) is 11.7 Å². The molecule has 1 fully saturated rings. The Kier molecular flexibility index (Phi) is 6.13. The first kappa shape index (κ1) is 23.4. The van der Waals surface area contributed by atoms with Gasteiger partial charge in [-0.3, -0.25) is 19.5 Å². The van der Waals surface area contributed by atoms with Crippen LogP contribution >= 0.6 is 11.6 Å². The highest BCUT2D eigenvalue weighted by Gasteiger charge is 2.47. The predicted molar refractivity (Wildman–Crippen MR) is 125 cm³/mol. The Bertz CT molecular complexity index is 1420. The second-order valence-electron chi connectivity index (χ2n) is 7.33. The minimum Gasteiger partial charge on any atom is -0.507 e. The van der Waals surface area contributed by atoms with E-state index in [2.05, 4.69) is 4.98 Å². The number of carbonyl (C=O) groups is 2. The molecular weight excluding hydrogens is 482 g/mol. The van der Waals surface area contributed by atoms with Gasteiger partial charge in [-0.1, -0.05) is 11.6 Å². The summed E-state index contributed by atoms with van der Waals surface area (Å²) in [6.45, 7) is 0. The molecule has 3 N–H and O–H groups in total. The summed E-state index contributed by atoms with van der Waals surface area (Å²) in [6.07, 6.45) is 2.97. The third kappa shape index (κ3) is 4.14. The average Bonchev–Trinajstić information content (AvgIpc) is 3.09. The number of amides is 1. The molecule has 0 saturated carbocycles. The van der Waals surface area contributed by atoms with Gasteiger partial charge in [-0.2, -0.15) is 0 Å². The quantitative estimate of drug-likeness (QED) is 0.312. The normalized spacial score (nSPS) is 17.7. The molecule has 3 aromatic rings. The van der Waals surface area contributed by atoms with Crippen molar-refractivity contribution in [3.63, 3.8) is 0 Å². The zero-order valence-electron chi connectivity index (χ0n) is 17.7. The van der Waals surface area contributed by atoms with Gasteiger partial charge in [0.2, 0.25) is 10.0 Å². The zero-order valence-corrected chi connectivity index (χ0v) is 19.2. The molecule has 0 radical (unpaired) electrons. The number of aliphatic hydroxyl groups is 1. The van der Waals surface area contributed by atoms with Crippen molar-refractivity contribution in [1.82, 2.24) is 4.98 Å². The number of methoxy groups -OCH3 is 1. The Morgan fingerprint density at radius 2 is 1.74 bits per heavy atom. The lowest BCUT2D eigenvalue weighted by Crippen LogP contribution is -2.29. The number of aromatic nitrogens is 1. The second-order valence-corrected chi connectivity index (χ2v) is 9.33. The summed E-state index contributed by atoms with van der Waals surface area (Å²) in [5.74, 6) is -2.06. The van der Waals surface area contributed by atoms with E-state index in [4.69, 9.17) is 21.5 Å². The number of hydrogen-bond donors (Lipinski definition) is 2. The largest absolute Gasteiger partial charge is 0.507 e. The van der Waals surface area contributed by atoms with E-state index in [9.17, 15) is 23.1 Å². The number of primary sulfonamides is 1. The summed E-state index contributed by atoms with van der Waals surface area (Å²) in [5, 5.41) is 16.7. The number of sulfonamides is 1. The Hall–Kier alpha value is -3.73. The lowest BCUT2D eigenvalue weighted by atomic mass is 9.95. The Labute approximate surface area is 200 Å². The van der Waals surface area contributed by atoms with Gasteiger partial charge in [-0.05, 0) is 60.2 Å². The summed E-state index contributed by atoms with van der Waals surface area (Å²) < 4.78 is 28.6. The molecule has 2 heterocycles. The van der Waals surface area contributed by atoms with Crippen LogP contribution in [0.15, 0.2) is 77.5 Å². The average molecular weight is 500 g/mol. The van der Waals surface area contributed by atoms with Crippen LogP contribution in [0.3, 0.4) is 0 Å².